The number of nitrogens with zero attached hydrogens (tertiary/aromatic N) is 2. The number of likely N-dealkylation sites (tertiary alicyclic amines) is 1. The molecule has 4 amide bonds. The van der Waals surface area contributed by atoms with Crippen molar-refractivity contribution in [2.45, 2.75) is 44.2 Å². The highest BCUT2D eigenvalue weighted by Crippen LogP contribution is 2.36. The second kappa shape index (κ2) is 6.58. The predicted molar refractivity (Wildman–Crippen MR) is 91.3 cm³/mol. The third-order valence-corrected chi connectivity index (χ3v) is 5.73. The number of imide groups is 1. The van der Waals surface area contributed by atoms with E-state index in [9.17, 15) is 23.2 Å². The third-order valence-electron chi connectivity index (χ3n) is 5.73. The smallest absolute Gasteiger partial charge is 0.325 e. The van der Waals surface area contributed by atoms with Gasteiger partial charge >= 0.3 is 6.03 Å². The highest BCUT2D eigenvalue weighted by Gasteiger charge is 2.53. The number of benzene rings is 1. The van der Waals surface area contributed by atoms with Crippen LogP contribution in [-0.4, -0.2) is 46.3 Å². The average Bonchev–Trinajstić information content (AvgIpc) is 3.24. The van der Waals surface area contributed by atoms with Crippen LogP contribution in [0.5, 0.6) is 0 Å². The summed E-state index contributed by atoms with van der Waals surface area (Å²) in [7, 11) is 0. The van der Waals surface area contributed by atoms with Crippen molar-refractivity contribution in [3.63, 3.8) is 0 Å². The molecule has 0 bridgehead atoms. The molecule has 27 heavy (non-hydrogen) atoms. The highest BCUT2D eigenvalue weighted by atomic mass is 19.1. The fourth-order valence-corrected chi connectivity index (χ4v) is 4.47. The van der Waals surface area contributed by atoms with Gasteiger partial charge in [-0.15, -0.1) is 0 Å². The SMILES string of the molecule is O=C1CC(CN2C(=O)NC3(CCCC3)C2=O)CN1Cc1cc(F)cc(F)c1. The molecule has 1 unspecified atom stereocenters. The van der Waals surface area contributed by atoms with Crippen molar-refractivity contribution < 1.29 is 23.2 Å². The molecule has 1 aliphatic carbocycles. The van der Waals surface area contributed by atoms with Gasteiger partial charge in [-0.05, 0) is 30.5 Å². The summed E-state index contributed by atoms with van der Waals surface area (Å²) in [5, 5.41) is 2.83. The molecule has 0 radical (unpaired) electrons. The number of nitrogens with one attached hydrogen (secondary N) is 1. The Labute approximate surface area is 155 Å². The average molecular weight is 377 g/mol. The van der Waals surface area contributed by atoms with E-state index in [0.717, 1.165) is 18.9 Å². The Bertz CT molecular complexity index is 787. The summed E-state index contributed by atoms with van der Waals surface area (Å²) in [6.45, 7) is 0.640. The number of carbonyl (C=O) groups is 3. The van der Waals surface area contributed by atoms with Crippen molar-refractivity contribution in [1.29, 1.82) is 0 Å². The quantitative estimate of drug-likeness (QED) is 0.818. The molecule has 2 saturated heterocycles. The molecule has 1 N–H and O–H groups in total. The van der Waals surface area contributed by atoms with E-state index < -0.39 is 17.2 Å². The number of halogens is 2. The van der Waals surface area contributed by atoms with Crippen molar-refractivity contribution in [3.8, 4) is 0 Å². The van der Waals surface area contributed by atoms with Crippen LogP contribution in [0.4, 0.5) is 13.6 Å². The van der Waals surface area contributed by atoms with Gasteiger partial charge in [0.25, 0.3) is 5.91 Å². The van der Waals surface area contributed by atoms with Crippen molar-refractivity contribution in [2.75, 3.05) is 13.1 Å². The normalized spacial score (nSPS) is 24.4. The van der Waals surface area contributed by atoms with Gasteiger partial charge in [-0.1, -0.05) is 12.8 Å². The molecular weight excluding hydrogens is 356 g/mol. The van der Waals surface area contributed by atoms with Crippen molar-refractivity contribution in [1.82, 2.24) is 15.1 Å². The van der Waals surface area contributed by atoms with Crippen LogP contribution in [0.15, 0.2) is 18.2 Å². The number of hydrogen-bond acceptors (Lipinski definition) is 3. The molecule has 6 nitrogen and oxygen atoms in total. The van der Waals surface area contributed by atoms with Gasteiger partial charge in [0.15, 0.2) is 0 Å². The monoisotopic (exact) mass is 377 g/mol. The van der Waals surface area contributed by atoms with Gasteiger partial charge in [0.1, 0.15) is 17.2 Å². The lowest BCUT2D eigenvalue weighted by molar-refractivity contribution is -0.132. The molecule has 8 heteroatoms. The Morgan fingerprint density at radius 1 is 1.07 bits per heavy atom. The lowest BCUT2D eigenvalue weighted by atomic mass is 9.97. The van der Waals surface area contributed by atoms with Crippen LogP contribution in [0.25, 0.3) is 0 Å². The second-order valence-electron chi connectivity index (χ2n) is 7.76. The van der Waals surface area contributed by atoms with E-state index in [4.69, 9.17) is 0 Å². The second-order valence-corrected chi connectivity index (χ2v) is 7.76. The summed E-state index contributed by atoms with van der Waals surface area (Å²) < 4.78 is 26.7. The molecule has 4 rings (SSSR count). The maximum absolute atomic E-state index is 13.3. The summed E-state index contributed by atoms with van der Waals surface area (Å²) >= 11 is 0. The molecule has 1 saturated carbocycles. The zero-order valence-corrected chi connectivity index (χ0v) is 14.8. The maximum Gasteiger partial charge on any atom is 0.325 e. The van der Waals surface area contributed by atoms with Gasteiger partial charge in [-0.2, -0.15) is 0 Å². The third kappa shape index (κ3) is 3.28. The number of carbonyl (C=O) groups excluding carboxylic acids is 3. The minimum atomic E-state index is -0.752. The molecular formula is C19H21F2N3O3. The zero-order chi connectivity index (χ0) is 19.2. The minimum absolute atomic E-state index is 0.105. The van der Waals surface area contributed by atoms with E-state index in [1.807, 2.05) is 0 Å². The first kappa shape index (κ1) is 17.9. The molecule has 1 aromatic carbocycles. The summed E-state index contributed by atoms with van der Waals surface area (Å²) in [4.78, 5) is 40.0. The van der Waals surface area contributed by atoms with Gasteiger partial charge in [0.05, 0.1) is 0 Å². The van der Waals surface area contributed by atoms with Crippen LogP contribution < -0.4 is 5.32 Å². The molecule has 144 valence electrons. The summed E-state index contributed by atoms with van der Waals surface area (Å²) in [5.74, 6) is -1.89. The summed E-state index contributed by atoms with van der Waals surface area (Å²) in [6.07, 6.45) is 3.37. The Morgan fingerprint density at radius 2 is 1.74 bits per heavy atom. The Morgan fingerprint density at radius 3 is 2.41 bits per heavy atom. The predicted octanol–water partition coefficient (Wildman–Crippen LogP) is 2.18. The number of urea groups is 1. The largest absolute Gasteiger partial charge is 0.338 e. The zero-order valence-electron chi connectivity index (χ0n) is 14.8. The minimum Gasteiger partial charge on any atom is -0.338 e. The van der Waals surface area contributed by atoms with Crippen LogP contribution >= 0.6 is 0 Å². The van der Waals surface area contributed by atoms with Gasteiger partial charge in [0, 0.05) is 38.0 Å². The first-order chi connectivity index (χ1) is 12.9. The topological polar surface area (TPSA) is 69.7 Å². The first-order valence-electron chi connectivity index (χ1n) is 9.23. The molecule has 2 heterocycles. The van der Waals surface area contributed by atoms with Crippen LogP contribution in [0.1, 0.15) is 37.7 Å². The lowest BCUT2D eigenvalue weighted by Gasteiger charge is -2.22. The summed E-state index contributed by atoms with van der Waals surface area (Å²) in [6, 6.07) is 2.80. The molecule has 3 aliphatic rings. The first-order valence-corrected chi connectivity index (χ1v) is 9.23. The van der Waals surface area contributed by atoms with Crippen molar-refractivity contribution in [3.05, 3.63) is 35.4 Å². The van der Waals surface area contributed by atoms with Gasteiger partial charge in [-0.3, -0.25) is 14.5 Å². The fourth-order valence-electron chi connectivity index (χ4n) is 4.47. The van der Waals surface area contributed by atoms with E-state index in [1.165, 1.54) is 21.9 Å². The fraction of sp³-hybridized carbons (Fsp3) is 0.526. The molecule has 1 atom stereocenters. The number of rotatable bonds is 4. The molecule has 0 aromatic heterocycles. The molecule has 1 spiro atoms. The summed E-state index contributed by atoms with van der Waals surface area (Å²) in [5.41, 5.74) is -0.375. The van der Waals surface area contributed by atoms with E-state index in [2.05, 4.69) is 5.32 Å². The van der Waals surface area contributed by atoms with E-state index in [0.29, 0.717) is 24.9 Å². The van der Waals surface area contributed by atoms with Crippen LogP contribution in [0.2, 0.25) is 0 Å². The van der Waals surface area contributed by atoms with E-state index in [-0.39, 0.29) is 43.3 Å². The lowest BCUT2D eigenvalue weighted by Crippen LogP contribution is -2.44. The Balaban J connectivity index is 1.41. The van der Waals surface area contributed by atoms with Crippen molar-refractivity contribution >= 4 is 17.8 Å². The maximum atomic E-state index is 13.3. The van der Waals surface area contributed by atoms with E-state index in [1.54, 1.807) is 0 Å². The molecule has 3 fully saturated rings. The van der Waals surface area contributed by atoms with Gasteiger partial charge < -0.3 is 10.2 Å². The van der Waals surface area contributed by atoms with Crippen molar-refractivity contribution in [2.24, 2.45) is 5.92 Å². The Hall–Kier alpha value is -2.51. The highest BCUT2D eigenvalue weighted by molar-refractivity contribution is 6.07. The van der Waals surface area contributed by atoms with Crippen LogP contribution in [0.3, 0.4) is 0 Å². The van der Waals surface area contributed by atoms with Crippen LogP contribution in [0, 0.1) is 17.6 Å². The molecule has 1 aromatic rings. The van der Waals surface area contributed by atoms with Gasteiger partial charge in [0.2, 0.25) is 5.91 Å². The number of amides is 4. The molecule has 2 aliphatic heterocycles. The number of hydrogen-bond donors (Lipinski definition) is 1. The standard InChI is InChI=1S/C19H21F2N3O3/c20-14-5-12(6-15(21)8-14)9-23-10-13(7-16(23)25)11-24-17(26)19(22-18(24)27)3-1-2-4-19/h5-6,8,13H,1-4,7,9-11H2,(H,22,27). The van der Waals surface area contributed by atoms with E-state index >= 15 is 0 Å². The Kier molecular flexibility index (Phi) is 4.36. The van der Waals surface area contributed by atoms with Crippen LogP contribution in [-0.2, 0) is 16.1 Å². The van der Waals surface area contributed by atoms with Gasteiger partial charge in [-0.25, -0.2) is 13.6 Å².